The first kappa shape index (κ1) is 18.0. The van der Waals surface area contributed by atoms with Crippen LogP contribution in [0.1, 0.15) is 44.1 Å². The summed E-state index contributed by atoms with van der Waals surface area (Å²) in [6, 6.07) is 7.94. The predicted molar refractivity (Wildman–Crippen MR) is 102 cm³/mol. The number of rotatable bonds is 5. The Kier molecular flexibility index (Phi) is 5.67. The summed E-state index contributed by atoms with van der Waals surface area (Å²) in [7, 11) is 0. The molecule has 1 saturated carbocycles. The number of ether oxygens (including phenoxy) is 1. The Hall–Kier alpha value is -2.41. The topological polar surface area (TPSA) is 72.3 Å². The van der Waals surface area contributed by atoms with Gasteiger partial charge in [0.1, 0.15) is 12.7 Å². The fourth-order valence-corrected chi connectivity index (χ4v) is 3.93. The molecule has 2 fully saturated rings. The molecule has 144 valence electrons. The molecule has 1 aromatic carbocycles. The normalized spacial score (nSPS) is 18.7. The molecule has 2 aliphatic rings. The molecule has 4 rings (SSSR count). The van der Waals surface area contributed by atoms with Gasteiger partial charge in [-0.25, -0.2) is 14.5 Å². The molecule has 0 atom stereocenters. The molecule has 0 radical (unpaired) electrons. The van der Waals surface area contributed by atoms with Gasteiger partial charge in [-0.1, -0.05) is 25.0 Å². The molecule has 2 aromatic rings. The second-order valence-electron chi connectivity index (χ2n) is 7.40. The largest absolute Gasteiger partial charge is 0.375 e. The fraction of sp³-hybridized carbons (Fsp3) is 0.550. The second kappa shape index (κ2) is 8.52. The maximum Gasteiger partial charge on any atom is 0.317 e. The predicted octanol–water partition coefficient (Wildman–Crippen LogP) is 2.90. The van der Waals surface area contributed by atoms with Crippen LogP contribution in [-0.4, -0.2) is 51.0 Å². The van der Waals surface area contributed by atoms with Crippen molar-refractivity contribution in [3.63, 3.8) is 0 Å². The quantitative estimate of drug-likeness (QED) is 0.880. The number of nitrogens with zero attached hydrogens (tertiary/aromatic N) is 4. The summed E-state index contributed by atoms with van der Waals surface area (Å²) < 4.78 is 7.90. The lowest BCUT2D eigenvalue weighted by molar-refractivity contribution is -0.0338. The molecule has 1 saturated heterocycles. The zero-order valence-electron chi connectivity index (χ0n) is 15.6. The first-order valence-corrected chi connectivity index (χ1v) is 9.90. The number of carbonyl (C=O) groups excluding carboxylic acids is 1. The molecule has 0 bridgehead atoms. The lowest BCUT2D eigenvalue weighted by Crippen LogP contribution is -2.46. The zero-order valence-corrected chi connectivity index (χ0v) is 15.6. The van der Waals surface area contributed by atoms with Crippen LogP contribution in [0.5, 0.6) is 0 Å². The highest BCUT2D eigenvalue weighted by atomic mass is 16.5. The molecule has 2 heterocycles. The van der Waals surface area contributed by atoms with Crippen molar-refractivity contribution in [2.45, 2.75) is 57.3 Å². The number of piperidine rings is 1. The van der Waals surface area contributed by atoms with Crippen LogP contribution in [-0.2, 0) is 11.3 Å². The third-order valence-electron chi connectivity index (χ3n) is 5.45. The van der Waals surface area contributed by atoms with Crippen molar-refractivity contribution in [3.05, 3.63) is 42.5 Å². The van der Waals surface area contributed by atoms with Crippen molar-refractivity contribution in [1.82, 2.24) is 25.0 Å². The third-order valence-corrected chi connectivity index (χ3v) is 5.45. The van der Waals surface area contributed by atoms with Gasteiger partial charge in [0, 0.05) is 19.6 Å². The summed E-state index contributed by atoms with van der Waals surface area (Å²) in [6.45, 7) is 2.03. The van der Waals surface area contributed by atoms with Gasteiger partial charge in [0.2, 0.25) is 0 Å². The fourth-order valence-electron chi connectivity index (χ4n) is 3.93. The van der Waals surface area contributed by atoms with E-state index >= 15 is 0 Å². The molecule has 27 heavy (non-hydrogen) atoms. The minimum absolute atomic E-state index is 0.000440. The van der Waals surface area contributed by atoms with Crippen molar-refractivity contribution >= 4 is 6.03 Å². The van der Waals surface area contributed by atoms with E-state index in [4.69, 9.17) is 4.74 Å². The average molecular weight is 369 g/mol. The number of carbonyl (C=O) groups is 1. The Morgan fingerprint density at radius 3 is 2.67 bits per heavy atom. The Morgan fingerprint density at radius 1 is 1.15 bits per heavy atom. The molecule has 1 aliphatic carbocycles. The van der Waals surface area contributed by atoms with Gasteiger partial charge in [0.25, 0.3) is 0 Å². The molecular formula is C20H27N5O2. The number of likely N-dealkylation sites (tertiary alicyclic amines) is 1. The van der Waals surface area contributed by atoms with E-state index in [2.05, 4.69) is 15.4 Å². The van der Waals surface area contributed by atoms with E-state index < -0.39 is 0 Å². The van der Waals surface area contributed by atoms with Gasteiger partial charge in [-0.3, -0.25) is 0 Å². The van der Waals surface area contributed by atoms with Gasteiger partial charge in [-0.05, 0) is 43.4 Å². The monoisotopic (exact) mass is 369 g/mol. The maximum atomic E-state index is 12.5. The second-order valence-corrected chi connectivity index (χ2v) is 7.40. The number of amides is 2. The Labute approximate surface area is 159 Å². The van der Waals surface area contributed by atoms with Crippen molar-refractivity contribution in [1.29, 1.82) is 0 Å². The summed E-state index contributed by atoms with van der Waals surface area (Å²) in [4.78, 5) is 18.3. The van der Waals surface area contributed by atoms with Crippen LogP contribution in [0, 0.1) is 0 Å². The number of hydrogen-bond acceptors (Lipinski definition) is 4. The van der Waals surface area contributed by atoms with E-state index in [0.717, 1.165) is 37.2 Å². The highest BCUT2D eigenvalue weighted by Crippen LogP contribution is 2.25. The van der Waals surface area contributed by atoms with Crippen molar-refractivity contribution in [2.75, 3.05) is 13.1 Å². The SMILES string of the molecule is O=C(NCc1cccc(-n2cncn2)c1)N1CCC(OC2CCCC2)CC1. The summed E-state index contributed by atoms with van der Waals surface area (Å²) in [6.07, 6.45) is 10.8. The molecule has 0 spiro atoms. The van der Waals surface area contributed by atoms with Crippen LogP contribution < -0.4 is 5.32 Å². The van der Waals surface area contributed by atoms with E-state index in [9.17, 15) is 4.79 Å². The lowest BCUT2D eigenvalue weighted by Gasteiger charge is -2.33. The molecule has 1 N–H and O–H groups in total. The third kappa shape index (κ3) is 4.66. The van der Waals surface area contributed by atoms with Crippen LogP contribution >= 0.6 is 0 Å². The molecule has 7 nitrogen and oxygen atoms in total. The highest BCUT2D eigenvalue weighted by molar-refractivity contribution is 5.74. The van der Waals surface area contributed by atoms with E-state index in [1.54, 1.807) is 11.0 Å². The van der Waals surface area contributed by atoms with Gasteiger partial charge in [0.05, 0.1) is 17.9 Å². The Balaban J connectivity index is 1.23. The minimum atomic E-state index is 0.000440. The summed E-state index contributed by atoms with van der Waals surface area (Å²) in [5, 5.41) is 7.17. The number of nitrogens with one attached hydrogen (secondary N) is 1. The van der Waals surface area contributed by atoms with Gasteiger partial charge >= 0.3 is 6.03 Å². The van der Waals surface area contributed by atoms with E-state index in [1.807, 2.05) is 29.2 Å². The molecular weight excluding hydrogens is 342 g/mol. The number of urea groups is 1. The van der Waals surface area contributed by atoms with E-state index in [1.165, 1.54) is 32.0 Å². The number of benzene rings is 1. The van der Waals surface area contributed by atoms with Gasteiger partial charge in [-0.15, -0.1) is 0 Å². The lowest BCUT2D eigenvalue weighted by atomic mass is 10.1. The maximum absolute atomic E-state index is 12.5. The smallest absolute Gasteiger partial charge is 0.317 e. The summed E-state index contributed by atoms with van der Waals surface area (Å²) >= 11 is 0. The zero-order chi connectivity index (χ0) is 18.5. The number of aromatic nitrogens is 3. The van der Waals surface area contributed by atoms with Gasteiger partial charge in [0.15, 0.2) is 0 Å². The van der Waals surface area contributed by atoms with Crippen molar-refractivity contribution < 1.29 is 9.53 Å². The molecule has 7 heteroatoms. The van der Waals surface area contributed by atoms with Crippen LogP contribution in [0.3, 0.4) is 0 Å². The molecule has 2 amide bonds. The van der Waals surface area contributed by atoms with Crippen molar-refractivity contribution in [2.24, 2.45) is 0 Å². The highest BCUT2D eigenvalue weighted by Gasteiger charge is 2.26. The minimum Gasteiger partial charge on any atom is -0.375 e. The Morgan fingerprint density at radius 2 is 1.93 bits per heavy atom. The van der Waals surface area contributed by atoms with Crippen LogP contribution in [0.4, 0.5) is 4.79 Å². The summed E-state index contributed by atoms with van der Waals surface area (Å²) in [5.41, 5.74) is 1.97. The molecule has 1 aromatic heterocycles. The van der Waals surface area contributed by atoms with Crippen LogP contribution in [0.2, 0.25) is 0 Å². The number of hydrogen-bond donors (Lipinski definition) is 1. The Bertz CT molecular complexity index is 735. The molecule has 1 aliphatic heterocycles. The van der Waals surface area contributed by atoms with Crippen LogP contribution in [0.25, 0.3) is 5.69 Å². The molecule has 0 unspecified atom stereocenters. The average Bonchev–Trinajstić information content (AvgIpc) is 3.41. The van der Waals surface area contributed by atoms with Crippen LogP contribution in [0.15, 0.2) is 36.9 Å². The van der Waals surface area contributed by atoms with E-state index in [-0.39, 0.29) is 6.03 Å². The van der Waals surface area contributed by atoms with Gasteiger partial charge < -0.3 is 15.0 Å². The summed E-state index contributed by atoms with van der Waals surface area (Å²) in [5.74, 6) is 0. The first-order valence-electron chi connectivity index (χ1n) is 9.90. The van der Waals surface area contributed by atoms with Gasteiger partial charge in [-0.2, -0.15) is 5.10 Å². The standard InChI is InChI=1S/C20H27N5O2/c26-20(24-10-8-19(9-11-24)27-18-6-1-2-7-18)22-13-16-4-3-5-17(12-16)25-15-21-14-23-25/h3-5,12,14-15,18-19H,1-2,6-11,13H2,(H,22,26). The van der Waals surface area contributed by atoms with Crippen molar-refractivity contribution in [3.8, 4) is 5.69 Å². The van der Waals surface area contributed by atoms with E-state index in [0.29, 0.717) is 18.8 Å². The first-order chi connectivity index (χ1) is 13.3.